The molecule has 0 aliphatic heterocycles. The molecule has 1 fully saturated rings. The number of amides is 1. The Kier molecular flexibility index (Phi) is 4.27. The average Bonchev–Trinajstić information content (AvgIpc) is 3.22. The standard InChI is InChI=1S/C16H17ClN2OS/c1-10-3-2-4-12(15(10)17)16(20)18-8-7-14-19-13(9-21-14)11-5-6-11/h2-4,9,11H,5-8H2,1H3,(H,18,20). The van der Waals surface area contributed by atoms with E-state index in [1.54, 1.807) is 17.4 Å². The van der Waals surface area contributed by atoms with E-state index in [4.69, 9.17) is 11.6 Å². The molecule has 0 unspecified atom stereocenters. The van der Waals surface area contributed by atoms with E-state index in [0.29, 0.717) is 23.0 Å². The van der Waals surface area contributed by atoms with Crippen molar-refractivity contribution in [2.75, 3.05) is 6.54 Å². The molecule has 0 spiro atoms. The number of thiazole rings is 1. The Labute approximate surface area is 133 Å². The normalized spacial score (nSPS) is 14.2. The van der Waals surface area contributed by atoms with Gasteiger partial charge in [0.15, 0.2) is 0 Å². The number of aryl methyl sites for hydroxylation is 1. The van der Waals surface area contributed by atoms with Crippen LogP contribution in [0.3, 0.4) is 0 Å². The van der Waals surface area contributed by atoms with Crippen molar-refractivity contribution >= 4 is 28.8 Å². The van der Waals surface area contributed by atoms with Crippen LogP contribution in [0.5, 0.6) is 0 Å². The molecule has 1 amide bonds. The van der Waals surface area contributed by atoms with E-state index in [0.717, 1.165) is 17.0 Å². The van der Waals surface area contributed by atoms with Crippen LogP contribution in [-0.4, -0.2) is 17.4 Å². The lowest BCUT2D eigenvalue weighted by Crippen LogP contribution is -2.26. The van der Waals surface area contributed by atoms with Crippen molar-refractivity contribution in [3.63, 3.8) is 0 Å². The highest BCUT2D eigenvalue weighted by Gasteiger charge is 2.25. The summed E-state index contributed by atoms with van der Waals surface area (Å²) in [4.78, 5) is 16.7. The molecule has 1 aromatic carbocycles. The van der Waals surface area contributed by atoms with E-state index in [2.05, 4.69) is 15.7 Å². The van der Waals surface area contributed by atoms with Gasteiger partial charge in [-0.3, -0.25) is 4.79 Å². The van der Waals surface area contributed by atoms with Crippen LogP contribution in [0.25, 0.3) is 0 Å². The minimum atomic E-state index is -0.123. The molecule has 3 nitrogen and oxygen atoms in total. The Hall–Kier alpha value is -1.39. The van der Waals surface area contributed by atoms with Gasteiger partial charge in [0, 0.05) is 24.3 Å². The predicted molar refractivity (Wildman–Crippen MR) is 86.3 cm³/mol. The fraction of sp³-hybridized carbons (Fsp3) is 0.375. The highest BCUT2D eigenvalue weighted by atomic mass is 35.5. The molecule has 1 N–H and O–H groups in total. The summed E-state index contributed by atoms with van der Waals surface area (Å²) < 4.78 is 0. The molecule has 2 aromatic rings. The molecule has 1 aliphatic rings. The summed E-state index contributed by atoms with van der Waals surface area (Å²) in [5, 5.41) is 6.68. The van der Waals surface area contributed by atoms with Crippen LogP contribution in [0.2, 0.25) is 5.02 Å². The van der Waals surface area contributed by atoms with Crippen molar-refractivity contribution in [1.29, 1.82) is 0 Å². The van der Waals surface area contributed by atoms with Gasteiger partial charge < -0.3 is 5.32 Å². The highest BCUT2D eigenvalue weighted by molar-refractivity contribution is 7.09. The average molecular weight is 321 g/mol. The largest absolute Gasteiger partial charge is 0.352 e. The molecule has 0 atom stereocenters. The second-order valence-electron chi connectivity index (χ2n) is 5.38. The third-order valence-corrected chi connectivity index (χ3v) is 5.05. The summed E-state index contributed by atoms with van der Waals surface area (Å²) in [7, 11) is 0. The topological polar surface area (TPSA) is 42.0 Å². The first-order valence-corrected chi connectivity index (χ1v) is 8.38. The second-order valence-corrected chi connectivity index (χ2v) is 6.70. The third-order valence-electron chi connectivity index (χ3n) is 3.63. The van der Waals surface area contributed by atoms with E-state index >= 15 is 0 Å². The molecule has 1 saturated carbocycles. The maximum atomic E-state index is 12.1. The van der Waals surface area contributed by atoms with E-state index in [1.807, 2.05) is 19.1 Å². The summed E-state index contributed by atoms with van der Waals surface area (Å²) in [5.41, 5.74) is 2.68. The SMILES string of the molecule is Cc1cccc(C(=O)NCCc2nc(C3CC3)cs2)c1Cl. The fourth-order valence-electron chi connectivity index (χ4n) is 2.21. The maximum absolute atomic E-state index is 12.1. The Morgan fingerprint density at radius 2 is 2.29 bits per heavy atom. The van der Waals surface area contributed by atoms with Gasteiger partial charge in [-0.2, -0.15) is 0 Å². The number of hydrogen-bond donors (Lipinski definition) is 1. The number of nitrogens with one attached hydrogen (secondary N) is 1. The zero-order valence-electron chi connectivity index (χ0n) is 11.9. The molecule has 1 heterocycles. The third kappa shape index (κ3) is 3.44. The molecule has 1 aromatic heterocycles. The van der Waals surface area contributed by atoms with E-state index < -0.39 is 0 Å². The van der Waals surface area contributed by atoms with Crippen molar-refractivity contribution in [1.82, 2.24) is 10.3 Å². The molecule has 1 aliphatic carbocycles. The first kappa shape index (κ1) is 14.5. The molecule has 110 valence electrons. The van der Waals surface area contributed by atoms with Crippen LogP contribution >= 0.6 is 22.9 Å². The van der Waals surface area contributed by atoms with Crippen LogP contribution in [0.15, 0.2) is 23.6 Å². The van der Waals surface area contributed by atoms with Crippen molar-refractivity contribution in [3.05, 3.63) is 50.4 Å². The van der Waals surface area contributed by atoms with Crippen LogP contribution in [0.1, 0.15) is 45.4 Å². The van der Waals surface area contributed by atoms with Gasteiger partial charge in [0.25, 0.3) is 5.91 Å². The zero-order chi connectivity index (χ0) is 14.8. The van der Waals surface area contributed by atoms with Crippen molar-refractivity contribution in [3.8, 4) is 0 Å². The Bertz CT molecular complexity index is 664. The first-order valence-electron chi connectivity index (χ1n) is 7.13. The summed E-state index contributed by atoms with van der Waals surface area (Å²) >= 11 is 7.84. The first-order chi connectivity index (χ1) is 10.1. The van der Waals surface area contributed by atoms with E-state index in [9.17, 15) is 4.79 Å². The molecule has 0 bridgehead atoms. The number of carbonyl (C=O) groups excluding carboxylic acids is 1. The number of carbonyl (C=O) groups is 1. The summed E-state index contributed by atoms with van der Waals surface area (Å²) in [6, 6.07) is 5.49. The smallest absolute Gasteiger partial charge is 0.252 e. The van der Waals surface area contributed by atoms with Gasteiger partial charge in [-0.15, -0.1) is 11.3 Å². The van der Waals surface area contributed by atoms with E-state index in [-0.39, 0.29) is 5.91 Å². The highest BCUT2D eigenvalue weighted by Crippen LogP contribution is 2.40. The molecule has 21 heavy (non-hydrogen) atoms. The number of aromatic nitrogens is 1. The Morgan fingerprint density at radius 3 is 3.05 bits per heavy atom. The monoisotopic (exact) mass is 320 g/mol. The minimum Gasteiger partial charge on any atom is -0.352 e. The van der Waals surface area contributed by atoms with Gasteiger partial charge in [0.05, 0.1) is 21.3 Å². The Morgan fingerprint density at radius 1 is 1.48 bits per heavy atom. The van der Waals surface area contributed by atoms with Gasteiger partial charge in [-0.25, -0.2) is 4.98 Å². The molecular formula is C16H17ClN2OS. The lowest BCUT2D eigenvalue weighted by Gasteiger charge is -2.07. The van der Waals surface area contributed by atoms with Gasteiger partial charge in [-0.05, 0) is 31.4 Å². The molecule has 0 radical (unpaired) electrons. The molecule has 3 rings (SSSR count). The van der Waals surface area contributed by atoms with Gasteiger partial charge in [0.2, 0.25) is 0 Å². The number of halogens is 1. The summed E-state index contributed by atoms with van der Waals surface area (Å²) in [6.45, 7) is 2.48. The van der Waals surface area contributed by atoms with E-state index in [1.165, 1.54) is 18.5 Å². The van der Waals surface area contributed by atoms with Crippen LogP contribution in [-0.2, 0) is 6.42 Å². The minimum absolute atomic E-state index is 0.123. The number of benzene rings is 1. The zero-order valence-corrected chi connectivity index (χ0v) is 13.4. The number of hydrogen-bond acceptors (Lipinski definition) is 3. The van der Waals surface area contributed by atoms with Crippen LogP contribution in [0.4, 0.5) is 0 Å². The van der Waals surface area contributed by atoms with Crippen LogP contribution in [0, 0.1) is 6.92 Å². The molecule has 5 heteroatoms. The quantitative estimate of drug-likeness (QED) is 0.906. The number of rotatable bonds is 5. The maximum Gasteiger partial charge on any atom is 0.252 e. The van der Waals surface area contributed by atoms with Gasteiger partial charge >= 0.3 is 0 Å². The lowest BCUT2D eigenvalue weighted by atomic mass is 10.1. The molecular weight excluding hydrogens is 304 g/mol. The van der Waals surface area contributed by atoms with Crippen molar-refractivity contribution in [2.45, 2.75) is 32.1 Å². The summed E-state index contributed by atoms with van der Waals surface area (Å²) in [5.74, 6) is 0.568. The Balaban J connectivity index is 1.54. The second kappa shape index (κ2) is 6.16. The van der Waals surface area contributed by atoms with Gasteiger partial charge in [-0.1, -0.05) is 23.7 Å². The number of nitrogens with zero attached hydrogens (tertiary/aromatic N) is 1. The van der Waals surface area contributed by atoms with Crippen molar-refractivity contribution in [2.24, 2.45) is 0 Å². The predicted octanol–water partition coefficient (Wildman–Crippen LogP) is 3.95. The lowest BCUT2D eigenvalue weighted by molar-refractivity contribution is 0.0954. The van der Waals surface area contributed by atoms with Crippen molar-refractivity contribution < 1.29 is 4.79 Å². The van der Waals surface area contributed by atoms with Gasteiger partial charge in [0.1, 0.15) is 0 Å². The van der Waals surface area contributed by atoms with Crippen LogP contribution < -0.4 is 5.32 Å². The fourth-order valence-corrected chi connectivity index (χ4v) is 3.30. The molecule has 0 saturated heterocycles. The summed E-state index contributed by atoms with van der Waals surface area (Å²) in [6.07, 6.45) is 3.31.